The first-order valence-corrected chi connectivity index (χ1v) is 7.39. The molecule has 1 amide bonds. The van der Waals surface area contributed by atoms with E-state index < -0.39 is 0 Å². The molecule has 116 valence electrons. The lowest BCUT2D eigenvalue weighted by atomic mass is 10.2. The number of thiocarbonyl (C=S) groups is 1. The fraction of sp³-hybridized carbons (Fsp3) is 0.467. The molecule has 0 heterocycles. The smallest absolute Gasteiger partial charge is 0.242 e. The van der Waals surface area contributed by atoms with Gasteiger partial charge in [-0.15, -0.1) is 0 Å². The van der Waals surface area contributed by atoms with E-state index >= 15 is 0 Å². The molecule has 1 aromatic rings. The predicted octanol–water partition coefficient (Wildman–Crippen LogP) is 2.00. The molecule has 0 bridgehead atoms. The maximum atomic E-state index is 12.8. The summed E-state index contributed by atoms with van der Waals surface area (Å²) in [7, 11) is 1.78. The molecule has 21 heavy (non-hydrogen) atoms. The Kier molecular flexibility index (Phi) is 7.08. The summed E-state index contributed by atoms with van der Waals surface area (Å²) in [6.07, 6.45) is 0. The molecule has 0 aliphatic heterocycles. The molecule has 1 aromatic carbocycles. The summed E-state index contributed by atoms with van der Waals surface area (Å²) in [5, 5.41) is 3.56. The van der Waals surface area contributed by atoms with Gasteiger partial charge < -0.3 is 15.1 Å². The maximum Gasteiger partial charge on any atom is 0.242 e. The summed E-state index contributed by atoms with van der Waals surface area (Å²) in [5.74, 6) is -0.211. The standard InChI is InChI=1S/C15H22FN3OS/c1-4-19(5-2)14(20)11-18(3)15(21)17-10-12-6-8-13(16)9-7-12/h6-9H,4-5,10-11H2,1-3H3,(H,17,21). The summed E-state index contributed by atoms with van der Waals surface area (Å²) in [6.45, 7) is 6.04. The van der Waals surface area contributed by atoms with Crippen molar-refractivity contribution in [2.24, 2.45) is 0 Å². The molecule has 0 aliphatic carbocycles. The van der Waals surface area contributed by atoms with Gasteiger partial charge in [0.15, 0.2) is 5.11 Å². The van der Waals surface area contributed by atoms with Gasteiger partial charge in [-0.1, -0.05) is 12.1 Å². The quantitative estimate of drug-likeness (QED) is 0.815. The molecule has 0 aromatic heterocycles. The Morgan fingerprint density at radius 2 is 1.81 bits per heavy atom. The molecule has 4 nitrogen and oxygen atoms in total. The number of carbonyl (C=O) groups is 1. The van der Waals surface area contributed by atoms with Crippen molar-refractivity contribution < 1.29 is 9.18 Å². The van der Waals surface area contributed by atoms with Gasteiger partial charge in [-0.05, 0) is 43.8 Å². The zero-order chi connectivity index (χ0) is 15.8. The fourth-order valence-electron chi connectivity index (χ4n) is 1.87. The highest BCUT2D eigenvalue weighted by atomic mass is 32.1. The van der Waals surface area contributed by atoms with Gasteiger partial charge in [0, 0.05) is 26.7 Å². The second-order valence-electron chi connectivity index (χ2n) is 4.71. The van der Waals surface area contributed by atoms with Crippen molar-refractivity contribution >= 4 is 23.2 Å². The van der Waals surface area contributed by atoms with E-state index in [1.807, 2.05) is 13.8 Å². The van der Waals surface area contributed by atoms with Gasteiger partial charge in [0.2, 0.25) is 5.91 Å². The van der Waals surface area contributed by atoms with Gasteiger partial charge in [0.05, 0.1) is 6.54 Å². The van der Waals surface area contributed by atoms with Crippen LogP contribution in [0.3, 0.4) is 0 Å². The van der Waals surface area contributed by atoms with E-state index in [9.17, 15) is 9.18 Å². The number of carbonyl (C=O) groups excluding carboxylic acids is 1. The van der Waals surface area contributed by atoms with E-state index in [1.165, 1.54) is 12.1 Å². The van der Waals surface area contributed by atoms with Crippen LogP contribution >= 0.6 is 12.2 Å². The molecular formula is C15H22FN3OS. The van der Waals surface area contributed by atoms with Gasteiger partial charge >= 0.3 is 0 Å². The maximum absolute atomic E-state index is 12.8. The Balaban J connectivity index is 2.44. The topological polar surface area (TPSA) is 35.6 Å². The van der Waals surface area contributed by atoms with Crippen LogP contribution in [-0.4, -0.2) is 47.5 Å². The van der Waals surface area contributed by atoms with E-state index in [0.29, 0.717) is 24.7 Å². The normalized spacial score (nSPS) is 10.1. The first kappa shape index (κ1) is 17.4. The van der Waals surface area contributed by atoms with Gasteiger partial charge in [-0.2, -0.15) is 0 Å². The third kappa shape index (κ3) is 5.67. The van der Waals surface area contributed by atoms with Crippen LogP contribution in [-0.2, 0) is 11.3 Å². The first-order valence-electron chi connectivity index (χ1n) is 6.99. The Bertz CT molecular complexity index is 474. The van der Waals surface area contributed by atoms with E-state index in [-0.39, 0.29) is 18.3 Å². The number of benzene rings is 1. The Labute approximate surface area is 130 Å². The second kappa shape index (κ2) is 8.56. The number of rotatable bonds is 6. The van der Waals surface area contributed by atoms with Gasteiger partial charge in [-0.3, -0.25) is 4.79 Å². The number of hydrogen-bond donors (Lipinski definition) is 1. The molecule has 0 saturated carbocycles. The minimum Gasteiger partial charge on any atom is -0.358 e. The summed E-state index contributed by atoms with van der Waals surface area (Å²) in [4.78, 5) is 15.5. The fourth-order valence-corrected chi connectivity index (χ4v) is 2.00. The molecule has 0 unspecified atom stereocenters. The average Bonchev–Trinajstić information content (AvgIpc) is 2.47. The van der Waals surface area contributed by atoms with Crippen LogP contribution in [0.2, 0.25) is 0 Å². The molecule has 0 aliphatic rings. The number of nitrogens with zero attached hydrogens (tertiary/aromatic N) is 2. The lowest BCUT2D eigenvalue weighted by Gasteiger charge is -2.25. The minimum atomic E-state index is -0.261. The number of hydrogen-bond acceptors (Lipinski definition) is 2. The number of amides is 1. The Morgan fingerprint density at radius 3 is 2.33 bits per heavy atom. The van der Waals surface area contributed by atoms with Gasteiger partial charge in [0.25, 0.3) is 0 Å². The van der Waals surface area contributed by atoms with Crippen LogP contribution in [0, 0.1) is 5.82 Å². The van der Waals surface area contributed by atoms with Crippen molar-refractivity contribution in [2.45, 2.75) is 20.4 Å². The Morgan fingerprint density at radius 1 is 1.24 bits per heavy atom. The summed E-state index contributed by atoms with van der Waals surface area (Å²) in [5.41, 5.74) is 0.933. The largest absolute Gasteiger partial charge is 0.358 e. The first-order chi connectivity index (χ1) is 9.97. The van der Waals surface area contributed by atoms with E-state index in [4.69, 9.17) is 12.2 Å². The third-order valence-electron chi connectivity index (χ3n) is 3.19. The predicted molar refractivity (Wildman–Crippen MR) is 86.4 cm³/mol. The van der Waals surface area contributed by atoms with Crippen LogP contribution in [0.5, 0.6) is 0 Å². The average molecular weight is 311 g/mol. The third-order valence-corrected chi connectivity index (χ3v) is 3.65. The van der Waals surface area contributed by atoms with Crippen molar-refractivity contribution in [3.63, 3.8) is 0 Å². The van der Waals surface area contributed by atoms with Crippen molar-refractivity contribution in [3.05, 3.63) is 35.6 Å². The molecule has 1 N–H and O–H groups in total. The number of halogens is 1. The van der Waals surface area contributed by atoms with Crippen LogP contribution in [0.4, 0.5) is 4.39 Å². The molecule has 0 atom stereocenters. The lowest BCUT2D eigenvalue weighted by Crippen LogP contribution is -2.44. The zero-order valence-electron chi connectivity index (χ0n) is 12.7. The SMILES string of the molecule is CCN(CC)C(=O)CN(C)C(=S)NCc1ccc(F)cc1. The van der Waals surface area contributed by atoms with Crippen LogP contribution in [0.25, 0.3) is 0 Å². The molecular weight excluding hydrogens is 289 g/mol. The van der Waals surface area contributed by atoms with Crippen LogP contribution < -0.4 is 5.32 Å². The van der Waals surface area contributed by atoms with Crippen molar-refractivity contribution in [1.29, 1.82) is 0 Å². The highest BCUT2D eigenvalue weighted by Gasteiger charge is 2.14. The van der Waals surface area contributed by atoms with Gasteiger partial charge in [-0.25, -0.2) is 4.39 Å². The Hall–Kier alpha value is -1.69. The molecule has 1 rings (SSSR count). The summed E-state index contributed by atoms with van der Waals surface area (Å²) >= 11 is 5.25. The second-order valence-corrected chi connectivity index (χ2v) is 5.09. The lowest BCUT2D eigenvalue weighted by molar-refractivity contribution is -0.130. The number of nitrogens with one attached hydrogen (secondary N) is 1. The molecule has 0 spiro atoms. The van der Waals surface area contributed by atoms with Gasteiger partial charge in [0.1, 0.15) is 5.82 Å². The molecule has 6 heteroatoms. The highest BCUT2D eigenvalue weighted by Crippen LogP contribution is 2.02. The van der Waals surface area contributed by atoms with Crippen molar-refractivity contribution in [2.75, 3.05) is 26.7 Å². The summed E-state index contributed by atoms with van der Waals surface area (Å²) < 4.78 is 12.8. The van der Waals surface area contributed by atoms with Crippen molar-refractivity contribution in [3.8, 4) is 0 Å². The van der Waals surface area contributed by atoms with E-state index in [1.54, 1.807) is 29.0 Å². The number of likely N-dealkylation sites (N-methyl/N-ethyl adjacent to an activating group) is 2. The highest BCUT2D eigenvalue weighted by molar-refractivity contribution is 7.80. The van der Waals surface area contributed by atoms with Crippen LogP contribution in [0.15, 0.2) is 24.3 Å². The minimum absolute atomic E-state index is 0.0495. The molecule has 0 fully saturated rings. The monoisotopic (exact) mass is 311 g/mol. The van der Waals surface area contributed by atoms with Crippen molar-refractivity contribution in [1.82, 2.24) is 15.1 Å². The molecule has 0 saturated heterocycles. The van der Waals surface area contributed by atoms with E-state index in [2.05, 4.69) is 5.32 Å². The van der Waals surface area contributed by atoms with Crippen LogP contribution in [0.1, 0.15) is 19.4 Å². The molecule has 0 radical (unpaired) electrons. The summed E-state index contributed by atoms with van der Waals surface area (Å²) in [6, 6.07) is 6.22. The van der Waals surface area contributed by atoms with E-state index in [0.717, 1.165) is 5.56 Å². The zero-order valence-corrected chi connectivity index (χ0v) is 13.5.